The first kappa shape index (κ1) is 14.4. The maximum Gasteiger partial charge on any atom is 0.224 e. The van der Waals surface area contributed by atoms with Gasteiger partial charge in [0.1, 0.15) is 5.02 Å². The molecular formula is C14H23ClN4. The van der Waals surface area contributed by atoms with E-state index in [1.165, 1.54) is 12.8 Å². The number of rotatable bonds is 5. The molecule has 0 radical (unpaired) electrons. The Morgan fingerprint density at radius 3 is 2.79 bits per heavy atom. The van der Waals surface area contributed by atoms with Gasteiger partial charge in [0.2, 0.25) is 5.95 Å². The minimum absolute atomic E-state index is 0.460. The van der Waals surface area contributed by atoms with Crippen molar-refractivity contribution >= 4 is 23.4 Å². The van der Waals surface area contributed by atoms with E-state index in [1.54, 1.807) is 6.20 Å². The Hall–Kier alpha value is -1.03. The number of hydrogen-bond acceptors (Lipinski definition) is 4. The molecule has 3 unspecified atom stereocenters. The smallest absolute Gasteiger partial charge is 0.224 e. The van der Waals surface area contributed by atoms with E-state index >= 15 is 0 Å². The van der Waals surface area contributed by atoms with Crippen molar-refractivity contribution < 1.29 is 0 Å². The SMILES string of the molecule is CCCNc1ncc(Cl)c(NC2CCC(C)C2C)n1. The Morgan fingerprint density at radius 2 is 2.16 bits per heavy atom. The van der Waals surface area contributed by atoms with Crippen molar-refractivity contribution in [3.63, 3.8) is 0 Å². The van der Waals surface area contributed by atoms with Crippen LogP contribution in [-0.2, 0) is 0 Å². The van der Waals surface area contributed by atoms with Gasteiger partial charge in [0, 0.05) is 12.6 Å². The summed E-state index contributed by atoms with van der Waals surface area (Å²) < 4.78 is 0. The molecule has 106 valence electrons. The maximum absolute atomic E-state index is 6.18. The molecule has 0 aromatic carbocycles. The van der Waals surface area contributed by atoms with Gasteiger partial charge in [-0.05, 0) is 31.1 Å². The van der Waals surface area contributed by atoms with Gasteiger partial charge in [-0.2, -0.15) is 4.98 Å². The van der Waals surface area contributed by atoms with E-state index in [4.69, 9.17) is 11.6 Å². The van der Waals surface area contributed by atoms with Gasteiger partial charge in [-0.25, -0.2) is 4.98 Å². The summed E-state index contributed by atoms with van der Waals surface area (Å²) in [4.78, 5) is 8.66. The number of nitrogens with zero attached hydrogens (tertiary/aromatic N) is 2. The fourth-order valence-electron chi connectivity index (χ4n) is 2.53. The molecule has 5 heteroatoms. The minimum Gasteiger partial charge on any atom is -0.366 e. The lowest BCUT2D eigenvalue weighted by atomic mass is 9.98. The van der Waals surface area contributed by atoms with E-state index in [2.05, 4.69) is 41.4 Å². The van der Waals surface area contributed by atoms with Crippen molar-refractivity contribution in [3.05, 3.63) is 11.2 Å². The Morgan fingerprint density at radius 1 is 1.37 bits per heavy atom. The summed E-state index contributed by atoms with van der Waals surface area (Å²) in [5.74, 6) is 2.81. The van der Waals surface area contributed by atoms with E-state index in [0.717, 1.165) is 24.7 Å². The van der Waals surface area contributed by atoms with Crippen LogP contribution in [0.15, 0.2) is 6.20 Å². The van der Waals surface area contributed by atoms with Crippen molar-refractivity contribution in [2.75, 3.05) is 17.2 Å². The van der Waals surface area contributed by atoms with E-state index in [0.29, 0.717) is 22.9 Å². The summed E-state index contributed by atoms with van der Waals surface area (Å²) in [6.07, 6.45) is 5.16. The molecule has 1 aromatic heterocycles. The van der Waals surface area contributed by atoms with Gasteiger partial charge >= 0.3 is 0 Å². The summed E-state index contributed by atoms with van der Waals surface area (Å²) in [7, 11) is 0. The van der Waals surface area contributed by atoms with Crippen LogP contribution < -0.4 is 10.6 Å². The van der Waals surface area contributed by atoms with Crippen molar-refractivity contribution in [2.45, 2.75) is 46.1 Å². The summed E-state index contributed by atoms with van der Waals surface area (Å²) >= 11 is 6.18. The van der Waals surface area contributed by atoms with Crippen molar-refractivity contribution in [3.8, 4) is 0 Å². The summed E-state index contributed by atoms with van der Waals surface area (Å²) in [5.41, 5.74) is 0. The fourth-order valence-corrected chi connectivity index (χ4v) is 2.68. The summed E-state index contributed by atoms with van der Waals surface area (Å²) in [5, 5.41) is 7.26. The minimum atomic E-state index is 0.460. The van der Waals surface area contributed by atoms with Crippen LogP contribution in [0.1, 0.15) is 40.0 Å². The van der Waals surface area contributed by atoms with Gasteiger partial charge in [-0.3, -0.25) is 0 Å². The zero-order chi connectivity index (χ0) is 13.8. The molecule has 1 aliphatic carbocycles. The van der Waals surface area contributed by atoms with Crippen LogP contribution in [0, 0.1) is 11.8 Å². The lowest BCUT2D eigenvalue weighted by Gasteiger charge is -2.21. The van der Waals surface area contributed by atoms with Crippen molar-refractivity contribution in [1.29, 1.82) is 0 Å². The zero-order valence-corrected chi connectivity index (χ0v) is 12.7. The van der Waals surface area contributed by atoms with Crippen molar-refractivity contribution in [2.24, 2.45) is 11.8 Å². The van der Waals surface area contributed by atoms with Gasteiger partial charge in [0.15, 0.2) is 5.82 Å². The highest BCUT2D eigenvalue weighted by Gasteiger charge is 2.30. The molecule has 1 heterocycles. The van der Waals surface area contributed by atoms with Crippen LogP contribution in [0.3, 0.4) is 0 Å². The topological polar surface area (TPSA) is 49.8 Å². The highest BCUT2D eigenvalue weighted by atomic mass is 35.5. The standard InChI is InChI=1S/C14H23ClN4/c1-4-7-16-14-17-8-11(15)13(19-14)18-12-6-5-9(2)10(12)3/h8-10,12H,4-7H2,1-3H3,(H2,16,17,18,19). The van der Waals surface area contributed by atoms with Gasteiger partial charge in [-0.1, -0.05) is 32.4 Å². The third kappa shape index (κ3) is 3.50. The molecule has 2 rings (SSSR count). The number of anilines is 2. The van der Waals surface area contributed by atoms with E-state index in [-0.39, 0.29) is 0 Å². The Balaban J connectivity index is 2.06. The van der Waals surface area contributed by atoms with Crippen LogP contribution in [0.5, 0.6) is 0 Å². The third-order valence-corrected chi connectivity index (χ3v) is 4.34. The van der Waals surface area contributed by atoms with Gasteiger partial charge < -0.3 is 10.6 Å². The highest BCUT2D eigenvalue weighted by molar-refractivity contribution is 6.32. The van der Waals surface area contributed by atoms with Gasteiger partial charge in [0.25, 0.3) is 0 Å². The van der Waals surface area contributed by atoms with Crippen LogP contribution in [0.4, 0.5) is 11.8 Å². The number of nitrogens with one attached hydrogen (secondary N) is 2. The second-order valence-corrected chi connectivity index (χ2v) is 5.89. The lowest BCUT2D eigenvalue weighted by Crippen LogP contribution is -2.25. The van der Waals surface area contributed by atoms with Gasteiger partial charge in [0.05, 0.1) is 6.20 Å². The van der Waals surface area contributed by atoms with Crippen LogP contribution in [0.25, 0.3) is 0 Å². The summed E-state index contributed by atoms with van der Waals surface area (Å²) in [6.45, 7) is 7.59. The molecule has 0 amide bonds. The molecule has 1 aromatic rings. The number of aromatic nitrogens is 2. The average Bonchev–Trinajstić information content (AvgIpc) is 2.71. The third-order valence-electron chi connectivity index (χ3n) is 4.06. The quantitative estimate of drug-likeness (QED) is 0.862. The van der Waals surface area contributed by atoms with E-state index in [9.17, 15) is 0 Å². The zero-order valence-electron chi connectivity index (χ0n) is 11.9. The first-order valence-corrected chi connectivity index (χ1v) is 7.52. The monoisotopic (exact) mass is 282 g/mol. The first-order valence-electron chi connectivity index (χ1n) is 7.14. The second-order valence-electron chi connectivity index (χ2n) is 5.48. The molecular weight excluding hydrogens is 260 g/mol. The predicted molar refractivity (Wildman–Crippen MR) is 80.8 cm³/mol. The largest absolute Gasteiger partial charge is 0.366 e. The fraction of sp³-hybridized carbons (Fsp3) is 0.714. The molecule has 0 saturated heterocycles. The molecule has 19 heavy (non-hydrogen) atoms. The summed E-state index contributed by atoms with van der Waals surface area (Å²) in [6, 6.07) is 0.460. The van der Waals surface area contributed by atoms with E-state index in [1.807, 2.05) is 0 Å². The number of hydrogen-bond donors (Lipinski definition) is 2. The highest BCUT2D eigenvalue weighted by Crippen LogP contribution is 2.34. The molecule has 1 fully saturated rings. The van der Waals surface area contributed by atoms with Crippen LogP contribution in [-0.4, -0.2) is 22.6 Å². The first-order chi connectivity index (χ1) is 9.11. The van der Waals surface area contributed by atoms with Crippen LogP contribution in [0.2, 0.25) is 5.02 Å². The number of halogens is 1. The average molecular weight is 283 g/mol. The molecule has 0 bridgehead atoms. The Bertz CT molecular complexity index is 424. The Kier molecular flexibility index (Phi) is 4.86. The molecule has 0 spiro atoms. The molecule has 4 nitrogen and oxygen atoms in total. The molecule has 3 atom stereocenters. The Labute approximate surface area is 120 Å². The van der Waals surface area contributed by atoms with Gasteiger partial charge in [-0.15, -0.1) is 0 Å². The molecule has 1 saturated carbocycles. The predicted octanol–water partition coefficient (Wildman–Crippen LogP) is 3.80. The van der Waals surface area contributed by atoms with Crippen molar-refractivity contribution in [1.82, 2.24) is 9.97 Å². The lowest BCUT2D eigenvalue weighted by molar-refractivity contribution is 0.435. The molecule has 1 aliphatic rings. The molecule has 2 N–H and O–H groups in total. The second kappa shape index (κ2) is 6.42. The normalized spacial score (nSPS) is 26.4. The maximum atomic E-state index is 6.18. The molecule has 0 aliphatic heterocycles. The van der Waals surface area contributed by atoms with E-state index < -0.39 is 0 Å². The van der Waals surface area contributed by atoms with Crippen LogP contribution >= 0.6 is 11.6 Å².